The summed E-state index contributed by atoms with van der Waals surface area (Å²) in [6.45, 7) is 14.7. The summed E-state index contributed by atoms with van der Waals surface area (Å²) in [5.41, 5.74) is 1.56. The molecule has 6 nitrogen and oxygen atoms in total. The number of aliphatic hydroxyl groups excluding tert-OH is 2. The zero-order chi connectivity index (χ0) is 29.2. The van der Waals surface area contributed by atoms with Gasteiger partial charge in [0.25, 0.3) is 0 Å². The summed E-state index contributed by atoms with van der Waals surface area (Å²) in [5, 5.41) is 23.4. The van der Waals surface area contributed by atoms with Crippen molar-refractivity contribution < 1.29 is 19.7 Å². The highest BCUT2D eigenvalue weighted by Gasteiger charge is 2.84. The normalized spacial score (nSPS) is 50.9. The van der Waals surface area contributed by atoms with Gasteiger partial charge in [-0.25, -0.2) is 0 Å². The molecule has 6 fully saturated rings. The lowest BCUT2D eigenvalue weighted by Crippen LogP contribution is -2.59. The number of rotatable bonds is 4. The van der Waals surface area contributed by atoms with Gasteiger partial charge in [0.1, 0.15) is 0 Å². The van der Waals surface area contributed by atoms with Crippen molar-refractivity contribution in [3.8, 4) is 0 Å². The second-order valence-electron chi connectivity index (χ2n) is 16.4. The molecule has 2 heterocycles. The summed E-state index contributed by atoms with van der Waals surface area (Å²) >= 11 is 0. The number of nitrogens with zero attached hydrogens (tertiary/aromatic N) is 2. The molecule has 0 radical (unpaired) electrons. The van der Waals surface area contributed by atoms with Crippen LogP contribution in [0.2, 0.25) is 0 Å². The molecule has 226 valence electrons. The Kier molecular flexibility index (Phi) is 6.22. The van der Waals surface area contributed by atoms with Crippen LogP contribution in [-0.4, -0.2) is 57.0 Å². The fraction of sp³-hybridized carbons (Fsp3) is 0.829. The number of pyridine rings is 1. The predicted octanol–water partition coefficient (Wildman–Crippen LogP) is 5.60. The van der Waals surface area contributed by atoms with Gasteiger partial charge in [0.15, 0.2) is 0 Å². The van der Waals surface area contributed by atoms with Crippen molar-refractivity contribution in [2.24, 2.45) is 50.7 Å². The Hall–Kier alpha value is -1.50. The SMILES string of the molecule is CC(=O)N(Cc1ccncc1)CC1C[C@@H](C)[C@H]2C(O1)[C@H](O)[C@@]1(C)C3CC[C@H]4C(C)(C)[C@@H](O)CCC45C[C@@]35CC[C@]21C. The Labute approximate surface area is 246 Å². The third kappa shape index (κ3) is 3.53. The molecule has 2 N–H and O–H groups in total. The topological polar surface area (TPSA) is 82.9 Å². The molecule has 7 rings (SSSR count). The molecule has 6 heteroatoms. The van der Waals surface area contributed by atoms with E-state index in [9.17, 15) is 15.0 Å². The molecule has 0 aromatic carbocycles. The van der Waals surface area contributed by atoms with E-state index in [1.165, 1.54) is 19.3 Å². The monoisotopic (exact) mass is 564 g/mol. The third-order valence-corrected chi connectivity index (χ3v) is 14.8. The molecular weight excluding hydrogens is 512 g/mol. The van der Waals surface area contributed by atoms with Crippen LogP contribution in [0.3, 0.4) is 0 Å². The molecule has 1 aromatic rings. The average Bonchev–Trinajstić information content (AvgIpc) is 3.56. The molecule has 12 atom stereocenters. The number of carbonyl (C=O) groups excluding carboxylic acids is 1. The van der Waals surface area contributed by atoms with Crippen LogP contribution in [0.4, 0.5) is 0 Å². The Balaban J connectivity index is 1.16. The van der Waals surface area contributed by atoms with E-state index in [2.05, 4.69) is 39.6 Å². The fourth-order valence-corrected chi connectivity index (χ4v) is 12.8. The van der Waals surface area contributed by atoms with Crippen molar-refractivity contribution in [2.75, 3.05) is 6.54 Å². The largest absolute Gasteiger partial charge is 0.393 e. The molecule has 4 unspecified atom stereocenters. The highest BCUT2D eigenvalue weighted by Crippen LogP contribution is 2.89. The number of hydrogen-bond donors (Lipinski definition) is 2. The van der Waals surface area contributed by atoms with Crippen molar-refractivity contribution in [1.82, 2.24) is 9.88 Å². The van der Waals surface area contributed by atoms with Gasteiger partial charge in [0, 0.05) is 37.8 Å². The van der Waals surface area contributed by atoms with Crippen molar-refractivity contribution in [1.29, 1.82) is 0 Å². The molecule has 6 aliphatic rings. The number of hydrogen-bond acceptors (Lipinski definition) is 5. The molecule has 41 heavy (non-hydrogen) atoms. The van der Waals surface area contributed by atoms with Crippen LogP contribution in [-0.2, 0) is 16.1 Å². The summed E-state index contributed by atoms with van der Waals surface area (Å²) in [4.78, 5) is 18.7. The Morgan fingerprint density at radius 2 is 1.71 bits per heavy atom. The maximum Gasteiger partial charge on any atom is 0.219 e. The smallest absolute Gasteiger partial charge is 0.219 e. The number of carbonyl (C=O) groups is 1. The first-order valence-corrected chi connectivity index (χ1v) is 16.5. The molecule has 1 amide bonds. The summed E-state index contributed by atoms with van der Waals surface area (Å²) in [6.07, 6.45) is 11.7. The van der Waals surface area contributed by atoms with Crippen LogP contribution in [0.25, 0.3) is 0 Å². The quantitative estimate of drug-likeness (QED) is 0.497. The van der Waals surface area contributed by atoms with E-state index >= 15 is 0 Å². The molecule has 5 aliphatic carbocycles. The Morgan fingerprint density at radius 3 is 2.41 bits per heavy atom. The van der Waals surface area contributed by atoms with Gasteiger partial charge in [-0.15, -0.1) is 0 Å². The van der Waals surface area contributed by atoms with Gasteiger partial charge in [0.2, 0.25) is 5.91 Å². The first-order chi connectivity index (χ1) is 19.3. The number of ether oxygens (including phenoxy) is 1. The molecule has 1 aliphatic heterocycles. The number of amides is 1. The first kappa shape index (κ1) is 28.3. The Morgan fingerprint density at radius 1 is 1.02 bits per heavy atom. The first-order valence-electron chi connectivity index (χ1n) is 16.5. The maximum atomic E-state index is 12.7. The van der Waals surface area contributed by atoms with Gasteiger partial charge < -0.3 is 19.8 Å². The van der Waals surface area contributed by atoms with E-state index in [-0.39, 0.29) is 40.5 Å². The molecule has 2 spiro atoms. The lowest BCUT2D eigenvalue weighted by atomic mass is 9.41. The summed E-state index contributed by atoms with van der Waals surface area (Å²) < 4.78 is 6.92. The van der Waals surface area contributed by atoms with E-state index in [0.717, 1.165) is 37.7 Å². The summed E-state index contributed by atoms with van der Waals surface area (Å²) in [6, 6.07) is 3.93. The standard InChI is InChI=1S/C35H52N2O4/c1-21-17-24(19-37(22(2)38)18-23-10-15-36-16-11-23)41-29-28(21)32(5)13-14-35-20-34(35)12-9-27(39)31(3,4)25(34)7-8-26(35)33(32,6)30(29)40/h10-11,15-16,21,24-30,39-40H,7-9,12-14,17-20H2,1-6H3/t21-,24?,25+,26?,27+,28+,29?,30+,32-,33-,34?,35+/m1/s1. The fourth-order valence-electron chi connectivity index (χ4n) is 12.8. The summed E-state index contributed by atoms with van der Waals surface area (Å²) in [5.74, 6) is 1.90. The minimum Gasteiger partial charge on any atom is -0.393 e. The van der Waals surface area contributed by atoms with Crippen LogP contribution in [0, 0.1) is 50.7 Å². The van der Waals surface area contributed by atoms with Crippen LogP contribution in [0.1, 0.15) is 98.5 Å². The zero-order valence-corrected chi connectivity index (χ0v) is 26.1. The number of fused-ring (bicyclic) bond motifs is 4. The highest BCUT2D eigenvalue weighted by atomic mass is 16.5. The minimum absolute atomic E-state index is 0.0274. The third-order valence-electron chi connectivity index (χ3n) is 14.8. The van der Waals surface area contributed by atoms with Crippen molar-refractivity contribution in [3.05, 3.63) is 30.1 Å². The predicted molar refractivity (Wildman–Crippen MR) is 157 cm³/mol. The molecule has 5 saturated carbocycles. The second kappa shape index (κ2) is 9.01. The second-order valence-corrected chi connectivity index (χ2v) is 16.4. The van der Waals surface area contributed by atoms with Gasteiger partial charge in [-0.2, -0.15) is 0 Å². The number of aliphatic hydroxyl groups is 2. The average molecular weight is 565 g/mol. The zero-order valence-electron chi connectivity index (χ0n) is 26.1. The maximum absolute atomic E-state index is 12.7. The van der Waals surface area contributed by atoms with Crippen LogP contribution >= 0.6 is 0 Å². The van der Waals surface area contributed by atoms with Crippen molar-refractivity contribution in [3.63, 3.8) is 0 Å². The lowest BCUT2D eigenvalue weighted by molar-refractivity contribution is -0.182. The van der Waals surface area contributed by atoms with Crippen LogP contribution in [0.15, 0.2) is 24.5 Å². The molecule has 1 aromatic heterocycles. The van der Waals surface area contributed by atoms with E-state index in [0.29, 0.717) is 47.6 Å². The molecule has 1 saturated heterocycles. The van der Waals surface area contributed by atoms with Crippen molar-refractivity contribution in [2.45, 2.75) is 124 Å². The van der Waals surface area contributed by atoms with E-state index in [4.69, 9.17) is 4.74 Å². The highest BCUT2D eigenvalue weighted by molar-refractivity contribution is 5.73. The molecule has 0 bridgehead atoms. The Bertz CT molecular complexity index is 1210. The molecular formula is C35H52N2O4. The van der Waals surface area contributed by atoms with Gasteiger partial charge in [0.05, 0.1) is 24.4 Å². The number of aromatic nitrogens is 1. The van der Waals surface area contributed by atoms with E-state index < -0.39 is 6.10 Å². The summed E-state index contributed by atoms with van der Waals surface area (Å²) in [7, 11) is 0. The van der Waals surface area contributed by atoms with E-state index in [1.54, 1.807) is 19.3 Å². The lowest BCUT2D eigenvalue weighted by Gasteiger charge is -2.63. The van der Waals surface area contributed by atoms with Gasteiger partial charge in [-0.3, -0.25) is 9.78 Å². The van der Waals surface area contributed by atoms with Crippen molar-refractivity contribution >= 4 is 5.91 Å². The van der Waals surface area contributed by atoms with Gasteiger partial charge >= 0.3 is 0 Å². The van der Waals surface area contributed by atoms with Gasteiger partial charge in [-0.05, 0) is 114 Å². The van der Waals surface area contributed by atoms with E-state index in [1.807, 2.05) is 17.0 Å². The van der Waals surface area contributed by atoms with Gasteiger partial charge in [-0.1, -0.05) is 34.6 Å². The minimum atomic E-state index is -0.493. The van der Waals surface area contributed by atoms with Crippen LogP contribution < -0.4 is 0 Å². The van der Waals surface area contributed by atoms with Crippen LogP contribution in [0.5, 0.6) is 0 Å².